The second kappa shape index (κ2) is 5.47. The molecular formula is C15H26N4. The summed E-state index contributed by atoms with van der Waals surface area (Å²) in [6, 6.07) is 2.02. The van der Waals surface area contributed by atoms with E-state index in [1.807, 2.05) is 6.92 Å². The van der Waals surface area contributed by atoms with Crippen molar-refractivity contribution in [2.45, 2.75) is 50.6 Å². The van der Waals surface area contributed by atoms with Gasteiger partial charge in [0.05, 0.1) is 6.04 Å². The van der Waals surface area contributed by atoms with Crippen molar-refractivity contribution in [2.24, 2.45) is 5.73 Å². The topological polar surface area (TPSA) is 68.2 Å². The molecule has 1 aromatic heterocycles. The molecule has 1 unspecified atom stereocenters. The van der Waals surface area contributed by atoms with E-state index in [4.69, 9.17) is 11.5 Å². The molecule has 0 aliphatic heterocycles. The van der Waals surface area contributed by atoms with Crippen LogP contribution in [-0.4, -0.2) is 29.5 Å². The summed E-state index contributed by atoms with van der Waals surface area (Å²) in [4.78, 5) is 6.55. The third-order valence-corrected chi connectivity index (χ3v) is 4.61. The molecule has 1 fully saturated rings. The fourth-order valence-electron chi connectivity index (χ4n) is 3.34. The lowest BCUT2D eigenvalue weighted by Gasteiger charge is -2.47. The Labute approximate surface area is 116 Å². The van der Waals surface area contributed by atoms with Crippen molar-refractivity contribution in [1.82, 2.24) is 9.88 Å². The fraction of sp³-hybridized carbons (Fsp3) is 0.667. The van der Waals surface area contributed by atoms with Crippen molar-refractivity contribution >= 4 is 5.82 Å². The first-order valence-corrected chi connectivity index (χ1v) is 7.12. The molecular weight excluding hydrogens is 236 g/mol. The van der Waals surface area contributed by atoms with E-state index >= 15 is 0 Å². The first-order valence-electron chi connectivity index (χ1n) is 7.12. The minimum absolute atomic E-state index is 0.0157. The number of nitrogen functional groups attached to an aromatic ring is 1. The van der Waals surface area contributed by atoms with Gasteiger partial charge in [0.15, 0.2) is 0 Å². The molecule has 0 bridgehead atoms. The van der Waals surface area contributed by atoms with E-state index in [-0.39, 0.29) is 11.6 Å². The number of nitrogens with zero attached hydrogens (tertiary/aromatic N) is 2. The van der Waals surface area contributed by atoms with Crippen molar-refractivity contribution in [1.29, 1.82) is 0 Å². The molecule has 0 radical (unpaired) electrons. The number of nitrogens with two attached hydrogens (primary N) is 2. The van der Waals surface area contributed by atoms with Gasteiger partial charge in [-0.2, -0.15) is 0 Å². The Morgan fingerprint density at radius 2 is 1.89 bits per heavy atom. The summed E-state index contributed by atoms with van der Waals surface area (Å²) in [7, 11) is 4.26. The van der Waals surface area contributed by atoms with Gasteiger partial charge >= 0.3 is 0 Å². The van der Waals surface area contributed by atoms with Crippen LogP contribution < -0.4 is 11.5 Å². The number of hydrogen-bond donors (Lipinski definition) is 2. The summed E-state index contributed by atoms with van der Waals surface area (Å²) < 4.78 is 0. The predicted molar refractivity (Wildman–Crippen MR) is 79.8 cm³/mol. The number of pyridine rings is 1. The van der Waals surface area contributed by atoms with Gasteiger partial charge in [0.2, 0.25) is 0 Å². The molecule has 1 aromatic rings. The molecule has 4 N–H and O–H groups in total. The molecule has 0 aromatic carbocycles. The Bertz CT molecular complexity index is 436. The van der Waals surface area contributed by atoms with E-state index in [0.717, 1.165) is 24.0 Å². The third-order valence-electron chi connectivity index (χ3n) is 4.61. The van der Waals surface area contributed by atoms with E-state index in [1.54, 1.807) is 6.20 Å². The van der Waals surface area contributed by atoms with Crippen LogP contribution in [0.4, 0.5) is 5.82 Å². The Balaban J connectivity index is 2.39. The summed E-state index contributed by atoms with van der Waals surface area (Å²) in [5.41, 5.74) is 14.8. The molecule has 1 aliphatic rings. The largest absolute Gasteiger partial charge is 0.383 e. The van der Waals surface area contributed by atoms with Gasteiger partial charge in [0, 0.05) is 17.3 Å². The number of likely N-dealkylation sites (N-methyl/N-ethyl adjacent to an activating group) is 1. The SMILES string of the molecule is Cc1cnc(N)c(C(N)C2(N(C)C)CCCCC2)c1. The molecule has 0 amide bonds. The lowest BCUT2D eigenvalue weighted by Crippen LogP contribution is -2.53. The summed E-state index contributed by atoms with van der Waals surface area (Å²) >= 11 is 0. The van der Waals surface area contributed by atoms with Crippen LogP contribution in [0.25, 0.3) is 0 Å². The molecule has 1 heterocycles. The minimum atomic E-state index is -0.0739. The Kier molecular flexibility index (Phi) is 4.11. The molecule has 2 rings (SSSR count). The zero-order chi connectivity index (χ0) is 14.0. The second-order valence-electron chi connectivity index (χ2n) is 6.02. The van der Waals surface area contributed by atoms with Gasteiger partial charge < -0.3 is 16.4 Å². The summed E-state index contributed by atoms with van der Waals surface area (Å²) in [6.07, 6.45) is 7.86. The highest BCUT2D eigenvalue weighted by Crippen LogP contribution is 2.41. The lowest BCUT2D eigenvalue weighted by atomic mass is 9.73. The van der Waals surface area contributed by atoms with Gasteiger partial charge in [-0.3, -0.25) is 0 Å². The maximum atomic E-state index is 6.61. The maximum absolute atomic E-state index is 6.61. The predicted octanol–water partition coefficient (Wildman–Crippen LogP) is 2.24. The van der Waals surface area contributed by atoms with Crippen molar-refractivity contribution < 1.29 is 0 Å². The normalized spacial score (nSPS) is 20.5. The van der Waals surface area contributed by atoms with Crippen molar-refractivity contribution in [3.63, 3.8) is 0 Å². The second-order valence-corrected chi connectivity index (χ2v) is 6.02. The highest BCUT2D eigenvalue weighted by Gasteiger charge is 2.41. The number of hydrogen-bond acceptors (Lipinski definition) is 4. The monoisotopic (exact) mass is 262 g/mol. The zero-order valence-electron chi connectivity index (χ0n) is 12.3. The smallest absolute Gasteiger partial charge is 0.128 e. The van der Waals surface area contributed by atoms with Crippen LogP contribution in [0.3, 0.4) is 0 Å². The molecule has 4 nitrogen and oxygen atoms in total. The molecule has 106 valence electrons. The molecule has 1 saturated carbocycles. The Hall–Kier alpha value is -1.13. The average molecular weight is 262 g/mol. The van der Waals surface area contributed by atoms with Gasteiger partial charge in [0.1, 0.15) is 5.82 Å². The van der Waals surface area contributed by atoms with Gasteiger partial charge in [-0.05, 0) is 45.5 Å². The van der Waals surface area contributed by atoms with E-state index in [0.29, 0.717) is 5.82 Å². The number of anilines is 1. The van der Waals surface area contributed by atoms with E-state index in [9.17, 15) is 0 Å². The summed E-state index contributed by atoms with van der Waals surface area (Å²) in [5, 5.41) is 0. The fourth-order valence-corrected chi connectivity index (χ4v) is 3.34. The van der Waals surface area contributed by atoms with Gasteiger partial charge in [-0.25, -0.2) is 4.98 Å². The van der Waals surface area contributed by atoms with Crippen LogP contribution in [0.15, 0.2) is 12.3 Å². The summed E-state index contributed by atoms with van der Waals surface area (Å²) in [6.45, 7) is 2.03. The molecule has 19 heavy (non-hydrogen) atoms. The van der Waals surface area contributed by atoms with Crippen LogP contribution >= 0.6 is 0 Å². The van der Waals surface area contributed by atoms with Crippen molar-refractivity contribution in [2.75, 3.05) is 19.8 Å². The number of aryl methyl sites for hydroxylation is 1. The molecule has 1 atom stereocenters. The van der Waals surface area contributed by atoms with Gasteiger partial charge in [-0.15, -0.1) is 0 Å². The molecule has 0 spiro atoms. The van der Waals surface area contributed by atoms with Gasteiger partial charge in [-0.1, -0.05) is 19.3 Å². The highest BCUT2D eigenvalue weighted by molar-refractivity contribution is 5.44. The molecule has 1 aliphatic carbocycles. The van der Waals surface area contributed by atoms with Crippen LogP contribution in [0, 0.1) is 6.92 Å². The van der Waals surface area contributed by atoms with Crippen LogP contribution in [0.2, 0.25) is 0 Å². The lowest BCUT2D eigenvalue weighted by molar-refractivity contribution is 0.0715. The quantitative estimate of drug-likeness (QED) is 0.876. The molecule has 4 heteroatoms. The molecule has 0 saturated heterocycles. The Morgan fingerprint density at radius 1 is 1.26 bits per heavy atom. The van der Waals surface area contributed by atoms with Crippen molar-refractivity contribution in [3.05, 3.63) is 23.4 Å². The minimum Gasteiger partial charge on any atom is -0.383 e. The van der Waals surface area contributed by atoms with Crippen LogP contribution in [0.1, 0.15) is 49.3 Å². The van der Waals surface area contributed by atoms with Crippen LogP contribution in [-0.2, 0) is 0 Å². The number of rotatable bonds is 3. The van der Waals surface area contributed by atoms with E-state index in [2.05, 4.69) is 30.0 Å². The first kappa shape index (κ1) is 14.3. The number of aromatic nitrogens is 1. The van der Waals surface area contributed by atoms with E-state index < -0.39 is 0 Å². The van der Waals surface area contributed by atoms with E-state index in [1.165, 1.54) is 19.3 Å². The van der Waals surface area contributed by atoms with Crippen molar-refractivity contribution in [3.8, 4) is 0 Å². The maximum Gasteiger partial charge on any atom is 0.128 e. The zero-order valence-corrected chi connectivity index (χ0v) is 12.3. The van der Waals surface area contributed by atoms with Gasteiger partial charge in [0.25, 0.3) is 0 Å². The summed E-state index contributed by atoms with van der Waals surface area (Å²) in [5.74, 6) is 0.574. The average Bonchev–Trinajstić information content (AvgIpc) is 2.41. The van der Waals surface area contributed by atoms with Crippen LogP contribution in [0.5, 0.6) is 0 Å². The highest BCUT2D eigenvalue weighted by atomic mass is 15.2. The Morgan fingerprint density at radius 3 is 2.47 bits per heavy atom. The standard InChI is InChI=1S/C15H26N4/c1-11-9-12(14(17)18-10-11)13(16)15(19(2)3)7-5-4-6-8-15/h9-10,13H,4-8,16H2,1-3H3,(H2,17,18). The first-order chi connectivity index (χ1) is 8.97. The third kappa shape index (κ3) is 2.60.